The summed E-state index contributed by atoms with van der Waals surface area (Å²) in [6.45, 7) is 0.827. The molecule has 204 valence electrons. The van der Waals surface area contributed by atoms with Gasteiger partial charge in [-0.05, 0) is 35.7 Å². The molecule has 5 rings (SSSR count). The van der Waals surface area contributed by atoms with E-state index >= 15 is 0 Å². The third-order valence-corrected chi connectivity index (χ3v) is 6.85. The van der Waals surface area contributed by atoms with Crippen molar-refractivity contribution < 1.29 is 24.2 Å². The zero-order valence-corrected chi connectivity index (χ0v) is 22.3. The maximum absolute atomic E-state index is 13.3. The van der Waals surface area contributed by atoms with E-state index in [1.54, 1.807) is 17.3 Å². The van der Waals surface area contributed by atoms with Gasteiger partial charge in [0.2, 0.25) is 5.91 Å². The highest BCUT2D eigenvalue weighted by atomic mass is 16.5. The average Bonchev–Trinajstić information content (AvgIpc) is 3.29. The maximum Gasteiger partial charge on any atom is 0.329 e. The molecule has 1 amide bonds. The number of rotatable bonds is 12. The van der Waals surface area contributed by atoms with Crippen molar-refractivity contribution >= 4 is 33.7 Å². The van der Waals surface area contributed by atoms with Crippen molar-refractivity contribution in [2.75, 3.05) is 20.2 Å². The maximum atomic E-state index is 13.3. The van der Waals surface area contributed by atoms with Gasteiger partial charge in [0, 0.05) is 41.6 Å². The van der Waals surface area contributed by atoms with Gasteiger partial charge in [-0.25, -0.2) is 4.79 Å². The second-order valence-corrected chi connectivity index (χ2v) is 9.67. The number of likely N-dealkylation sites (N-methyl/N-ethyl adjacent to an activating group) is 1. The molecule has 3 aromatic carbocycles. The summed E-state index contributed by atoms with van der Waals surface area (Å²) in [7, 11) is 1.82. The van der Waals surface area contributed by atoms with E-state index in [-0.39, 0.29) is 19.1 Å². The number of carbonyl (C=O) groups excluding carboxylic acids is 1. The van der Waals surface area contributed by atoms with Crippen molar-refractivity contribution in [1.82, 2.24) is 14.5 Å². The van der Waals surface area contributed by atoms with Gasteiger partial charge < -0.3 is 24.0 Å². The number of benzene rings is 3. The first-order valence-corrected chi connectivity index (χ1v) is 13.1. The molecule has 0 spiro atoms. The van der Waals surface area contributed by atoms with E-state index in [0.29, 0.717) is 18.9 Å². The molecular weight excluding hydrogens is 506 g/mol. The van der Waals surface area contributed by atoms with Crippen molar-refractivity contribution in [3.63, 3.8) is 0 Å². The Hall–Kier alpha value is -4.69. The molecule has 0 aliphatic rings. The van der Waals surface area contributed by atoms with Gasteiger partial charge in [-0.3, -0.25) is 9.78 Å². The number of carbonyl (C=O) groups is 2. The first-order valence-electron chi connectivity index (χ1n) is 13.1. The fraction of sp³-hybridized carbons (Fsp3) is 0.219. The molecule has 0 saturated heterocycles. The van der Waals surface area contributed by atoms with Gasteiger partial charge in [-0.2, -0.15) is 0 Å². The molecule has 0 aliphatic heterocycles. The summed E-state index contributed by atoms with van der Waals surface area (Å²) in [5.74, 6) is -0.370. The first-order chi connectivity index (χ1) is 19.5. The molecule has 0 unspecified atom stereocenters. The molecule has 2 aromatic heterocycles. The van der Waals surface area contributed by atoms with Crippen LogP contribution in [0.4, 0.5) is 0 Å². The standard InChI is InChI=1S/C32H31N3O5/c1-34(15-14-23-8-4-2-5-9-23)30(36)19-35-28-13-12-26(40-20-24-10-6-3-7-11-24)16-27(28)32-25(17-33-18-29(32)35)21-39-22-31(37)38/h2-13,16-18H,14-15,19-22H2,1H3,(H,37,38). The predicted molar refractivity (Wildman–Crippen MR) is 153 cm³/mol. The van der Waals surface area contributed by atoms with Gasteiger partial charge >= 0.3 is 5.97 Å². The minimum absolute atomic E-state index is 0.0216. The van der Waals surface area contributed by atoms with Crippen molar-refractivity contribution in [2.24, 2.45) is 0 Å². The van der Waals surface area contributed by atoms with E-state index in [2.05, 4.69) is 17.1 Å². The number of fused-ring (bicyclic) bond motifs is 3. The highest BCUT2D eigenvalue weighted by Crippen LogP contribution is 2.34. The molecule has 5 aromatic rings. The van der Waals surface area contributed by atoms with Gasteiger partial charge in [0.05, 0.1) is 18.3 Å². The molecule has 8 nitrogen and oxygen atoms in total. The Bertz CT molecular complexity index is 1620. The van der Waals surface area contributed by atoms with E-state index in [4.69, 9.17) is 14.6 Å². The Balaban J connectivity index is 1.45. The largest absolute Gasteiger partial charge is 0.489 e. The molecule has 0 saturated carbocycles. The van der Waals surface area contributed by atoms with Crippen molar-refractivity contribution in [1.29, 1.82) is 0 Å². The lowest BCUT2D eigenvalue weighted by Crippen LogP contribution is -2.31. The fourth-order valence-electron chi connectivity index (χ4n) is 4.77. The Labute approximate surface area is 232 Å². The molecule has 2 heterocycles. The lowest BCUT2D eigenvalue weighted by Gasteiger charge is -2.18. The van der Waals surface area contributed by atoms with E-state index in [1.165, 1.54) is 5.56 Å². The third kappa shape index (κ3) is 6.30. The van der Waals surface area contributed by atoms with Crippen LogP contribution in [0, 0.1) is 0 Å². The van der Waals surface area contributed by atoms with Gasteiger partial charge in [0.1, 0.15) is 25.5 Å². The summed E-state index contributed by atoms with van der Waals surface area (Å²) >= 11 is 0. The van der Waals surface area contributed by atoms with Crippen LogP contribution >= 0.6 is 0 Å². The predicted octanol–water partition coefficient (Wildman–Crippen LogP) is 5.07. The highest BCUT2D eigenvalue weighted by Gasteiger charge is 2.19. The van der Waals surface area contributed by atoms with E-state index < -0.39 is 12.6 Å². The number of nitrogens with zero attached hydrogens (tertiary/aromatic N) is 3. The number of ether oxygens (including phenoxy) is 2. The number of amides is 1. The Morgan fingerprint density at radius 3 is 2.35 bits per heavy atom. The summed E-state index contributed by atoms with van der Waals surface area (Å²) in [4.78, 5) is 30.5. The number of aliphatic carboxylic acids is 1. The quantitative estimate of drug-likeness (QED) is 0.239. The second-order valence-electron chi connectivity index (χ2n) is 9.67. The molecule has 40 heavy (non-hydrogen) atoms. The van der Waals surface area contributed by atoms with Crippen LogP contribution in [-0.2, 0) is 40.5 Å². The summed E-state index contributed by atoms with van der Waals surface area (Å²) in [5, 5.41) is 10.8. The van der Waals surface area contributed by atoms with E-state index in [9.17, 15) is 9.59 Å². The van der Waals surface area contributed by atoms with Crippen LogP contribution in [0.25, 0.3) is 21.8 Å². The number of hydrogen-bond acceptors (Lipinski definition) is 5. The van der Waals surface area contributed by atoms with Crippen LogP contribution < -0.4 is 4.74 Å². The lowest BCUT2D eigenvalue weighted by molar-refractivity contribution is -0.142. The van der Waals surface area contributed by atoms with Crippen LogP contribution in [0.1, 0.15) is 16.7 Å². The minimum atomic E-state index is -1.04. The Morgan fingerprint density at radius 1 is 0.900 bits per heavy atom. The van der Waals surface area contributed by atoms with Gasteiger partial charge in [-0.15, -0.1) is 0 Å². The second kappa shape index (κ2) is 12.4. The topological polar surface area (TPSA) is 93.9 Å². The van der Waals surface area contributed by atoms with Crippen LogP contribution in [0.3, 0.4) is 0 Å². The monoisotopic (exact) mass is 537 g/mol. The molecule has 1 N–H and O–H groups in total. The number of hydrogen-bond donors (Lipinski definition) is 1. The SMILES string of the molecule is CN(CCc1ccccc1)C(=O)Cn1c2ccc(OCc3ccccc3)cc2c2c(COCC(=O)O)cncc21. The molecule has 0 aliphatic carbocycles. The van der Waals surface area contributed by atoms with Crippen LogP contribution in [0.15, 0.2) is 91.3 Å². The number of aromatic nitrogens is 2. The Morgan fingerprint density at radius 2 is 1.62 bits per heavy atom. The van der Waals surface area contributed by atoms with Crippen molar-refractivity contribution in [2.45, 2.75) is 26.2 Å². The number of carboxylic acids is 1. The van der Waals surface area contributed by atoms with E-state index in [0.717, 1.165) is 39.4 Å². The van der Waals surface area contributed by atoms with Gasteiger partial charge in [0.25, 0.3) is 0 Å². The van der Waals surface area contributed by atoms with Gasteiger partial charge in [0.15, 0.2) is 0 Å². The average molecular weight is 538 g/mol. The molecule has 0 fully saturated rings. The zero-order chi connectivity index (χ0) is 27.9. The Kier molecular flexibility index (Phi) is 8.37. The van der Waals surface area contributed by atoms with Crippen LogP contribution in [0.5, 0.6) is 5.75 Å². The lowest BCUT2D eigenvalue weighted by atomic mass is 10.1. The third-order valence-electron chi connectivity index (χ3n) is 6.85. The van der Waals surface area contributed by atoms with E-state index in [1.807, 2.05) is 78.3 Å². The zero-order valence-electron chi connectivity index (χ0n) is 22.3. The highest BCUT2D eigenvalue weighted by molar-refractivity contribution is 6.10. The van der Waals surface area contributed by atoms with Crippen molar-refractivity contribution in [3.8, 4) is 5.75 Å². The molecule has 8 heteroatoms. The fourth-order valence-corrected chi connectivity index (χ4v) is 4.77. The van der Waals surface area contributed by atoms with Crippen LogP contribution in [0.2, 0.25) is 0 Å². The van der Waals surface area contributed by atoms with Crippen LogP contribution in [-0.4, -0.2) is 51.6 Å². The summed E-state index contributed by atoms with van der Waals surface area (Å²) < 4.78 is 13.5. The summed E-state index contributed by atoms with van der Waals surface area (Å²) in [5.41, 5.74) is 4.61. The first kappa shape index (κ1) is 26.9. The molecule has 0 atom stereocenters. The number of pyridine rings is 1. The minimum Gasteiger partial charge on any atom is -0.489 e. The molecule has 0 bridgehead atoms. The smallest absolute Gasteiger partial charge is 0.329 e. The number of carboxylic acid groups (broad SMARTS) is 1. The normalized spacial score (nSPS) is 11.1. The van der Waals surface area contributed by atoms with Crippen molar-refractivity contribution in [3.05, 3.63) is 108 Å². The molecular formula is C32H31N3O5. The summed E-state index contributed by atoms with van der Waals surface area (Å²) in [6.07, 6.45) is 4.18. The van der Waals surface area contributed by atoms with Gasteiger partial charge in [-0.1, -0.05) is 60.7 Å². The summed E-state index contributed by atoms with van der Waals surface area (Å²) in [6, 6.07) is 25.8. The molecule has 0 radical (unpaired) electrons.